The highest BCUT2D eigenvalue weighted by molar-refractivity contribution is 6.29. The molecule has 0 aromatic carbocycles. The van der Waals surface area contributed by atoms with Gasteiger partial charge in [0.05, 0.1) is 0 Å². The summed E-state index contributed by atoms with van der Waals surface area (Å²) in [5.41, 5.74) is -1.62. The molecule has 0 saturated heterocycles. The number of nitrogens with zero attached hydrogens (tertiary/aromatic N) is 1. The molecule has 1 rings (SSSR count). The summed E-state index contributed by atoms with van der Waals surface area (Å²) < 4.78 is 13.9. The lowest BCUT2D eigenvalue weighted by molar-refractivity contribution is 0.515. The number of unbranched alkanes of at least 4 members (excludes halogenated alkanes) is 2. The SMILES string of the molecule is CCCCCn1c(=O)[nH]c(Cl)c(F)c1=O. The van der Waals surface area contributed by atoms with Crippen LogP contribution in [0, 0.1) is 5.82 Å². The average molecular weight is 235 g/mol. The molecule has 1 aromatic rings. The van der Waals surface area contributed by atoms with Gasteiger partial charge in [-0.05, 0) is 6.42 Å². The summed E-state index contributed by atoms with van der Waals surface area (Å²) in [5, 5.41) is -0.531. The standard InChI is InChI=1S/C9H12ClFN2O2/c1-2-3-4-5-13-8(14)6(11)7(10)12-9(13)15/h2-5H2,1H3,(H,12,15). The molecule has 0 saturated carbocycles. The topological polar surface area (TPSA) is 54.9 Å². The quantitative estimate of drug-likeness (QED) is 0.634. The van der Waals surface area contributed by atoms with Crippen molar-refractivity contribution in [2.24, 2.45) is 0 Å². The number of H-pyrrole nitrogens is 1. The summed E-state index contributed by atoms with van der Waals surface area (Å²) in [4.78, 5) is 24.6. The van der Waals surface area contributed by atoms with Gasteiger partial charge in [0.15, 0.2) is 5.15 Å². The van der Waals surface area contributed by atoms with E-state index >= 15 is 0 Å². The molecule has 4 nitrogen and oxygen atoms in total. The van der Waals surface area contributed by atoms with Gasteiger partial charge in [0.2, 0.25) is 5.82 Å². The fraction of sp³-hybridized carbons (Fsp3) is 0.556. The van der Waals surface area contributed by atoms with Gasteiger partial charge in [-0.15, -0.1) is 0 Å². The van der Waals surface area contributed by atoms with E-state index in [1.165, 1.54) is 0 Å². The lowest BCUT2D eigenvalue weighted by atomic mass is 10.2. The van der Waals surface area contributed by atoms with Crippen LogP contribution in [0.4, 0.5) is 4.39 Å². The van der Waals surface area contributed by atoms with Crippen LogP contribution in [-0.4, -0.2) is 9.55 Å². The van der Waals surface area contributed by atoms with Crippen molar-refractivity contribution in [1.82, 2.24) is 9.55 Å². The summed E-state index contributed by atoms with van der Waals surface area (Å²) in [6.45, 7) is 2.21. The number of aromatic amines is 1. The minimum atomic E-state index is -1.10. The van der Waals surface area contributed by atoms with Crippen LogP contribution >= 0.6 is 11.6 Å². The van der Waals surface area contributed by atoms with Gasteiger partial charge in [0, 0.05) is 6.54 Å². The van der Waals surface area contributed by atoms with Crippen LogP contribution in [0.15, 0.2) is 9.59 Å². The highest BCUT2D eigenvalue weighted by atomic mass is 35.5. The molecule has 15 heavy (non-hydrogen) atoms. The van der Waals surface area contributed by atoms with Crippen molar-refractivity contribution in [3.63, 3.8) is 0 Å². The molecule has 0 radical (unpaired) electrons. The van der Waals surface area contributed by atoms with Crippen molar-refractivity contribution in [3.8, 4) is 0 Å². The maximum absolute atomic E-state index is 13.0. The first-order valence-electron chi connectivity index (χ1n) is 4.76. The van der Waals surface area contributed by atoms with Gasteiger partial charge in [-0.2, -0.15) is 4.39 Å². The van der Waals surface area contributed by atoms with E-state index in [1.54, 1.807) is 0 Å². The van der Waals surface area contributed by atoms with Gasteiger partial charge in [0.1, 0.15) is 0 Å². The summed E-state index contributed by atoms with van der Waals surface area (Å²) in [5.74, 6) is -1.10. The van der Waals surface area contributed by atoms with E-state index in [1.807, 2.05) is 6.92 Å². The van der Waals surface area contributed by atoms with Crippen LogP contribution in [0.25, 0.3) is 0 Å². The number of rotatable bonds is 4. The zero-order valence-electron chi connectivity index (χ0n) is 8.35. The molecule has 0 aliphatic rings. The second-order valence-electron chi connectivity index (χ2n) is 3.22. The Morgan fingerprint density at radius 1 is 1.40 bits per heavy atom. The Hall–Kier alpha value is -1.10. The molecule has 6 heteroatoms. The monoisotopic (exact) mass is 234 g/mol. The van der Waals surface area contributed by atoms with E-state index in [2.05, 4.69) is 4.98 Å². The summed E-state index contributed by atoms with van der Waals surface area (Å²) in [6.07, 6.45) is 2.51. The maximum Gasteiger partial charge on any atom is 0.329 e. The third-order valence-electron chi connectivity index (χ3n) is 2.07. The van der Waals surface area contributed by atoms with E-state index in [0.717, 1.165) is 17.4 Å². The number of hydrogen-bond acceptors (Lipinski definition) is 2. The maximum atomic E-state index is 13.0. The second kappa shape index (κ2) is 5.11. The van der Waals surface area contributed by atoms with Gasteiger partial charge in [-0.25, -0.2) is 4.79 Å². The van der Waals surface area contributed by atoms with E-state index in [0.29, 0.717) is 6.42 Å². The second-order valence-corrected chi connectivity index (χ2v) is 3.60. The lowest BCUT2D eigenvalue weighted by Gasteiger charge is -2.04. The molecule has 0 bridgehead atoms. The third kappa shape index (κ3) is 2.68. The van der Waals surface area contributed by atoms with Gasteiger partial charge in [0.25, 0.3) is 5.56 Å². The minimum Gasteiger partial charge on any atom is -0.295 e. The average Bonchev–Trinajstić information content (AvgIpc) is 2.20. The smallest absolute Gasteiger partial charge is 0.295 e. The van der Waals surface area contributed by atoms with Crippen LogP contribution in [0.2, 0.25) is 5.15 Å². The molecule has 1 aromatic heterocycles. The van der Waals surface area contributed by atoms with Crippen LogP contribution in [0.1, 0.15) is 26.2 Å². The van der Waals surface area contributed by atoms with Crippen LogP contribution in [0.5, 0.6) is 0 Å². The molecule has 0 spiro atoms. The molecule has 0 aliphatic heterocycles. The summed E-state index contributed by atoms with van der Waals surface area (Å²) >= 11 is 5.31. The summed E-state index contributed by atoms with van der Waals surface area (Å²) in [6, 6.07) is 0. The van der Waals surface area contributed by atoms with Gasteiger partial charge < -0.3 is 0 Å². The van der Waals surface area contributed by atoms with Crippen molar-refractivity contribution in [2.45, 2.75) is 32.7 Å². The van der Waals surface area contributed by atoms with Crippen LogP contribution in [0.3, 0.4) is 0 Å². The first-order valence-corrected chi connectivity index (χ1v) is 5.13. The van der Waals surface area contributed by atoms with Crippen molar-refractivity contribution < 1.29 is 4.39 Å². The molecule has 0 aliphatic carbocycles. The Morgan fingerprint density at radius 3 is 2.67 bits per heavy atom. The van der Waals surface area contributed by atoms with E-state index < -0.39 is 22.2 Å². The molecule has 84 valence electrons. The minimum absolute atomic E-state index is 0.218. The molecule has 0 unspecified atom stereocenters. The van der Waals surface area contributed by atoms with E-state index in [-0.39, 0.29) is 6.54 Å². The molecular weight excluding hydrogens is 223 g/mol. The molecular formula is C9H12ClFN2O2. The molecule has 1 N–H and O–H groups in total. The zero-order chi connectivity index (χ0) is 11.4. The van der Waals surface area contributed by atoms with Gasteiger partial charge in [-0.3, -0.25) is 14.3 Å². The van der Waals surface area contributed by atoms with Crippen molar-refractivity contribution in [2.75, 3.05) is 0 Å². The highest BCUT2D eigenvalue weighted by Gasteiger charge is 2.11. The summed E-state index contributed by atoms with van der Waals surface area (Å²) in [7, 11) is 0. The Kier molecular flexibility index (Phi) is 4.08. The molecule has 0 fully saturated rings. The number of hydrogen-bond donors (Lipinski definition) is 1. The van der Waals surface area contributed by atoms with Gasteiger partial charge >= 0.3 is 5.69 Å². The normalized spacial score (nSPS) is 10.6. The van der Waals surface area contributed by atoms with Crippen LogP contribution in [-0.2, 0) is 6.54 Å². The predicted molar refractivity (Wildman–Crippen MR) is 55.8 cm³/mol. The third-order valence-corrected chi connectivity index (χ3v) is 2.33. The fourth-order valence-electron chi connectivity index (χ4n) is 1.24. The van der Waals surface area contributed by atoms with Crippen molar-refractivity contribution in [1.29, 1.82) is 0 Å². The largest absolute Gasteiger partial charge is 0.329 e. The Morgan fingerprint density at radius 2 is 2.07 bits per heavy atom. The Balaban J connectivity index is 3.03. The Bertz CT molecular complexity index is 452. The zero-order valence-corrected chi connectivity index (χ0v) is 9.10. The molecule has 0 atom stereocenters. The van der Waals surface area contributed by atoms with Crippen molar-refractivity contribution in [3.05, 3.63) is 31.8 Å². The van der Waals surface area contributed by atoms with E-state index in [4.69, 9.17) is 11.6 Å². The Labute approximate surface area is 90.7 Å². The number of halogens is 2. The predicted octanol–water partition coefficient (Wildman–Crippen LogP) is 1.52. The van der Waals surface area contributed by atoms with Crippen LogP contribution < -0.4 is 11.2 Å². The molecule has 1 heterocycles. The lowest BCUT2D eigenvalue weighted by Crippen LogP contribution is -2.37. The number of nitrogens with one attached hydrogen (secondary N) is 1. The first kappa shape index (κ1) is 12.0. The highest BCUT2D eigenvalue weighted by Crippen LogP contribution is 2.02. The fourth-order valence-corrected chi connectivity index (χ4v) is 1.41. The van der Waals surface area contributed by atoms with Gasteiger partial charge in [-0.1, -0.05) is 31.4 Å². The molecule has 0 amide bonds. The number of aromatic nitrogens is 2. The first-order chi connectivity index (χ1) is 7.07. The van der Waals surface area contributed by atoms with E-state index in [9.17, 15) is 14.0 Å². The van der Waals surface area contributed by atoms with Crippen molar-refractivity contribution >= 4 is 11.6 Å².